The molecule has 92 valence electrons. The molecule has 1 amide bonds. The standard InChI is InChI=1S/C12H12BrClFNO/c13-8-2-1-3-11(8)16-12(17)7-4-5-9(14)10(15)6-7/h4-6,8,11H,1-3H2,(H,16,17). The molecule has 0 radical (unpaired) electrons. The van der Waals surface area contributed by atoms with Gasteiger partial charge in [-0.25, -0.2) is 4.39 Å². The van der Waals surface area contributed by atoms with E-state index in [9.17, 15) is 9.18 Å². The van der Waals surface area contributed by atoms with Crippen LogP contribution in [-0.2, 0) is 0 Å². The van der Waals surface area contributed by atoms with Crippen LogP contribution in [0.25, 0.3) is 0 Å². The summed E-state index contributed by atoms with van der Waals surface area (Å²) in [5, 5.41) is 2.92. The van der Waals surface area contributed by atoms with Gasteiger partial charge in [0.15, 0.2) is 0 Å². The molecule has 2 rings (SSSR count). The molecule has 1 aliphatic rings. The minimum atomic E-state index is -0.568. The van der Waals surface area contributed by atoms with E-state index in [-0.39, 0.29) is 17.0 Å². The second-order valence-electron chi connectivity index (χ2n) is 4.16. The summed E-state index contributed by atoms with van der Waals surface area (Å²) in [6.45, 7) is 0. The maximum absolute atomic E-state index is 13.2. The lowest BCUT2D eigenvalue weighted by molar-refractivity contribution is 0.0938. The van der Waals surface area contributed by atoms with Crippen LogP contribution in [0.1, 0.15) is 29.6 Å². The fourth-order valence-corrected chi connectivity index (χ4v) is 2.80. The third-order valence-electron chi connectivity index (χ3n) is 2.93. The topological polar surface area (TPSA) is 29.1 Å². The normalized spacial score (nSPS) is 23.7. The first-order valence-corrected chi connectivity index (χ1v) is 6.77. The van der Waals surface area contributed by atoms with Gasteiger partial charge < -0.3 is 5.32 Å². The van der Waals surface area contributed by atoms with Crippen molar-refractivity contribution in [2.24, 2.45) is 0 Å². The summed E-state index contributed by atoms with van der Waals surface area (Å²) >= 11 is 9.09. The van der Waals surface area contributed by atoms with Crippen LogP contribution >= 0.6 is 27.5 Å². The number of carbonyl (C=O) groups is 1. The SMILES string of the molecule is O=C(NC1CCCC1Br)c1ccc(Cl)c(F)c1. The minimum Gasteiger partial charge on any atom is -0.348 e. The molecule has 1 N–H and O–H groups in total. The van der Waals surface area contributed by atoms with Crippen LogP contribution in [0.4, 0.5) is 4.39 Å². The van der Waals surface area contributed by atoms with Crippen molar-refractivity contribution >= 4 is 33.4 Å². The van der Waals surface area contributed by atoms with Gasteiger partial charge in [-0.3, -0.25) is 4.79 Å². The van der Waals surface area contributed by atoms with Crippen molar-refractivity contribution in [3.63, 3.8) is 0 Å². The van der Waals surface area contributed by atoms with E-state index in [0.717, 1.165) is 25.3 Å². The summed E-state index contributed by atoms with van der Waals surface area (Å²) < 4.78 is 13.2. The highest BCUT2D eigenvalue weighted by Gasteiger charge is 2.26. The zero-order chi connectivity index (χ0) is 12.4. The number of nitrogens with one attached hydrogen (secondary N) is 1. The highest BCUT2D eigenvalue weighted by Crippen LogP contribution is 2.26. The van der Waals surface area contributed by atoms with Crippen molar-refractivity contribution < 1.29 is 9.18 Å². The Morgan fingerprint density at radius 2 is 2.24 bits per heavy atom. The predicted octanol–water partition coefficient (Wildman–Crippen LogP) is 3.52. The first-order chi connectivity index (χ1) is 8.08. The molecule has 2 unspecified atom stereocenters. The van der Waals surface area contributed by atoms with E-state index >= 15 is 0 Å². The Morgan fingerprint density at radius 3 is 2.82 bits per heavy atom. The Labute approximate surface area is 113 Å². The third-order valence-corrected chi connectivity index (χ3v) is 4.33. The smallest absolute Gasteiger partial charge is 0.251 e. The molecule has 1 aromatic rings. The Bertz CT molecular complexity index is 441. The van der Waals surface area contributed by atoms with Gasteiger partial charge in [-0.1, -0.05) is 34.0 Å². The van der Waals surface area contributed by atoms with Gasteiger partial charge in [-0.2, -0.15) is 0 Å². The summed E-state index contributed by atoms with van der Waals surface area (Å²) in [4.78, 5) is 12.2. The molecule has 5 heteroatoms. The molecule has 1 aliphatic carbocycles. The quantitative estimate of drug-likeness (QED) is 0.830. The first kappa shape index (κ1) is 12.8. The largest absolute Gasteiger partial charge is 0.348 e. The molecule has 0 heterocycles. The minimum absolute atomic E-state index is 0.0285. The van der Waals surface area contributed by atoms with E-state index in [4.69, 9.17) is 11.6 Å². The number of hydrogen-bond donors (Lipinski definition) is 1. The molecule has 1 fully saturated rings. The highest BCUT2D eigenvalue weighted by molar-refractivity contribution is 9.09. The molecule has 0 aromatic heterocycles. The molecular weight excluding hydrogens is 308 g/mol. The summed E-state index contributed by atoms with van der Waals surface area (Å²) in [6.07, 6.45) is 3.10. The van der Waals surface area contributed by atoms with Crippen molar-refractivity contribution in [2.75, 3.05) is 0 Å². The van der Waals surface area contributed by atoms with Crippen molar-refractivity contribution in [1.82, 2.24) is 5.32 Å². The summed E-state index contributed by atoms with van der Waals surface area (Å²) in [5.41, 5.74) is 0.304. The summed E-state index contributed by atoms with van der Waals surface area (Å²) in [7, 11) is 0. The molecule has 0 bridgehead atoms. The van der Waals surface area contributed by atoms with Crippen LogP contribution in [0.15, 0.2) is 18.2 Å². The number of carbonyl (C=O) groups excluding carboxylic acids is 1. The van der Waals surface area contributed by atoms with Gasteiger partial charge in [0, 0.05) is 16.4 Å². The fraction of sp³-hybridized carbons (Fsp3) is 0.417. The lowest BCUT2D eigenvalue weighted by Gasteiger charge is -2.16. The van der Waals surface area contributed by atoms with Gasteiger partial charge in [0.05, 0.1) is 5.02 Å². The lowest BCUT2D eigenvalue weighted by Crippen LogP contribution is -2.37. The van der Waals surface area contributed by atoms with Crippen LogP contribution in [0.5, 0.6) is 0 Å². The number of hydrogen-bond acceptors (Lipinski definition) is 1. The Hall–Kier alpha value is -0.610. The van der Waals surface area contributed by atoms with E-state index in [1.165, 1.54) is 12.1 Å². The van der Waals surface area contributed by atoms with Crippen LogP contribution in [0.2, 0.25) is 5.02 Å². The molecule has 0 spiro atoms. The Kier molecular flexibility index (Phi) is 4.05. The van der Waals surface area contributed by atoms with Gasteiger partial charge >= 0.3 is 0 Å². The van der Waals surface area contributed by atoms with Crippen LogP contribution < -0.4 is 5.32 Å². The average Bonchev–Trinajstić information content (AvgIpc) is 2.68. The number of rotatable bonds is 2. The lowest BCUT2D eigenvalue weighted by atomic mass is 10.2. The van der Waals surface area contributed by atoms with Crippen molar-refractivity contribution in [3.05, 3.63) is 34.6 Å². The average molecular weight is 321 g/mol. The van der Waals surface area contributed by atoms with E-state index in [2.05, 4.69) is 21.2 Å². The first-order valence-electron chi connectivity index (χ1n) is 5.48. The number of alkyl halides is 1. The third kappa shape index (κ3) is 2.99. The summed E-state index contributed by atoms with van der Waals surface area (Å²) in [6, 6.07) is 4.21. The van der Waals surface area contributed by atoms with Crippen LogP contribution in [0.3, 0.4) is 0 Å². The molecule has 0 aliphatic heterocycles. The summed E-state index contributed by atoms with van der Waals surface area (Å²) in [5.74, 6) is -0.821. The Balaban J connectivity index is 2.06. The molecular formula is C12H12BrClFNO. The molecule has 1 aromatic carbocycles. The predicted molar refractivity (Wildman–Crippen MR) is 69.2 cm³/mol. The van der Waals surface area contributed by atoms with E-state index in [1.807, 2.05) is 0 Å². The second kappa shape index (κ2) is 5.36. The molecule has 0 saturated heterocycles. The van der Waals surface area contributed by atoms with Gasteiger partial charge in [0.25, 0.3) is 5.91 Å². The van der Waals surface area contributed by atoms with Crippen molar-refractivity contribution in [2.45, 2.75) is 30.1 Å². The van der Waals surface area contributed by atoms with Gasteiger partial charge in [-0.15, -0.1) is 0 Å². The highest BCUT2D eigenvalue weighted by atomic mass is 79.9. The fourth-order valence-electron chi connectivity index (χ4n) is 1.97. The van der Waals surface area contributed by atoms with Crippen molar-refractivity contribution in [1.29, 1.82) is 0 Å². The number of benzene rings is 1. The van der Waals surface area contributed by atoms with Gasteiger partial charge in [0.2, 0.25) is 0 Å². The second-order valence-corrected chi connectivity index (χ2v) is 5.74. The van der Waals surface area contributed by atoms with Crippen LogP contribution in [-0.4, -0.2) is 16.8 Å². The van der Waals surface area contributed by atoms with E-state index in [0.29, 0.717) is 10.4 Å². The van der Waals surface area contributed by atoms with E-state index < -0.39 is 5.82 Å². The molecule has 1 saturated carbocycles. The van der Waals surface area contributed by atoms with E-state index in [1.54, 1.807) is 0 Å². The molecule has 2 nitrogen and oxygen atoms in total. The Morgan fingerprint density at radius 1 is 1.47 bits per heavy atom. The molecule has 17 heavy (non-hydrogen) atoms. The van der Waals surface area contributed by atoms with Crippen molar-refractivity contribution in [3.8, 4) is 0 Å². The molecule has 2 atom stereocenters. The maximum Gasteiger partial charge on any atom is 0.251 e. The number of amides is 1. The monoisotopic (exact) mass is 319 g/mol. The zero-order valence-electron chi connectivity index (χ0n) is 9.05. The van der Waals surface area contributed by atoms with Crippen LogP contribution in [0, 0.1) is 5.82 Å². The number of halogens is 3. The zero-order valence-corrected chi connectivity index (χ0v) is 11.4. The van der Waals surface area contributed by atoms with Gasteiger partial charge in [0.1, 0.15) is 5.82 Å². The van der Waals surface area contributed by atoms with Gasteiger partial charge in [-0.05, 0) is 31.0 Å². The maximum atomic E-state index is 13.2.